The molecule has 0 unspecified atom stereocenters. The van der Waals surface area contributed by atoms with Gasteiger partial charge in [0, 0.05) is 5.02 Å². The van der Waals surface area contributed by atoms with Gasteiger partial charge in [-0.25, -0.2) is 0 Å². The first-order valence-electron chi connectivity index (χ1n) is 4.66. The Balaban J connectivity index is 2.96. The number of likely N-dealkylation sites (N-methyl/N-ethyl adjacent to an activating group) is 1. The van der Waals surface area contributed by atoms with E-state index in [0.29, 0.717) is 0 Å². The van der Waals surface area contributed by atoms with Crippen LogP contribution < -0.4 is 10.1 Å². The number of rotatable bonds is 4. The van der Waals surface area contributed by atoms with Gasteiger partial charge in [-0.05, 0) is 50.2 Å². The fraction of sp³-hybridized carbons (Fsp3) is 0.455. The van der Waals surface area contributed by atoms with E-state index in [9.17, 15) is 0 Å². The molecule has 0 atom stereocenters. The van der Waals surface area contributed by atoms with Crippen LogP contribution in [0.25, 0.3) is 0 Å². The average molecular weight is 214 g/mol. The van der Waals surface area contributed by atoms with Gasteiger partial charge in [-0.15, -0.1) is 0 Å². The molecule has 0 aliphatic heterocycles. The summed E-state index contributed by atoms with van der Waals surface area (Å²) >= 11 is 5.98. The number of ether oxygens (including phenoxy) is 1. The van der Waals surface area contributed by atoms with Gasteiger partial charge in [-0.3, -0.25) is 0 Å². The Kier molecular flexibility index (Phi) is 4.23. The van der Waals surface area contributed by atoms with Crippen LogP contribution in [0, 0.1) is 6.92 Å². The number of halogens is 1. The third kappa shape index (κ3) is 2.63. The molecule has 0 saturated heterocycles. The van der Waals surface area contributed by atoms with Crippen molar-refractivity contribution < 1.29 is 4.74 Å². The van der Waals surface area contributed by atoms with Crippen molar-refractivity contribution in [3.63, 3.8) is 0 Å². The summed E-state index contributed by atoms with van der Waals surface area (Å²) < 4.78 is 5.24. The highest BCUT2D eigenvalue weighted by Gasteiger charge is 2.06. The maximum absolute atomic E-state index is 5.98. The summed E-state index contributed by atoms with van der Waals surface area (Å²) in [6, 6.07) is 3.84. The molecule has 2 nitrogen and oxygen atoms in total. The highest BCUT2D eigenvalue weighted by Crippen LogP contribution is 2.26. The lowest BCUT2D eigenvalue weighted by Gasteiger charge is -2.11. The van der Waals surface area contributed by atoms with E-state index >= 15 is 0 Å². The smallest absolute Gasteiger partial charge is 0.123 e. The summed E-state index contributed by atoms with van der Waals surface area (Å²) in [5.74, 6) is 0.864. The van der Waals surface area contributed by atoms with Crippen LogP contribution in [0.3, 0.4) is 0 Å². The first kappa shape index (κ1) is 11.3. The lowest BCUT2D eigenvalue weighted by molar-refractivity contribution is 0.411. The quantitative estimate of drug-likeness (QED) is 0.830. The average Bonchev–Trinajstić information content (AvgIpc) is 2.18. The Morgan fingerprint density at radius 2 is 2.14 bits per heavy atom. The molecule has 14 heavy (non-hydrogen) atoms. The summed E-state index contributed by atoms with van der Waals surface area (Å²) in [6.07, 6.45) is 0.971. The molecule has 3 heteroatoms. The van der Waals surface area contributed by atoms with Crippen LogP contribution in [0.1, 0.15) is 11.1 Å². The van der Waals surface area contributed by atoms with Gasteiger partial charge in [0.2, 0.25) is 0 Å². The van der Waals surface area contributed by atoms with Crippen LogP contribution in [-0.4, -0.2) is 20.7 Å². The molecule has 0 bridgehead atoms. The number of benzene rings is 1. The van der Waals surface area contributed by atoms with Crippen LogP contribution in [0.2, 0.25) is 5.02 Å². The molecule has 0 radical (unpaired) electrons. The summed E-state index contributed by atoms with van der Waals surface area (Å²) in [7, 11) is 3.61. The van der Waals surface area contributed by atoms with Gasteiger partial charge in [-0.2, -0.15) is 0 Å². The van der Waals surface area contributed by atoms with Crippen molar-refractivity contribution in [3.8, 4) is 5.75 Å². The van der Waals surface area contributed by atoms with E-state index in [1.807, 2.05) is 19.2 Å². The zero-order valence-electron chi connectivity index (χ0n) is 8.86. The standard InChI is InChI=1S/C11H16ClNO/c1-8-9(4-5-13-2)6-10(12)7-11(8)14-3/h6-7,13H,4-5H2,1-3H3. The molecule has 0 aromatic heterocycles. The van der Waals surface area contributed by atoms with Crippen LogP contribution in [-0.2, 0) is 6.42 Å². The van der Waals surface area contributed by atoms with E-state index in [1.165, 1.54) is 11.1 Å². The molecule has 0 saturated carbocycles. The minimum atomic E-state index is 0.735. The summed E-state index contributed by atoms with van der Waals surface area (Å²) in [6.45, 7) is 3.00. The molecule has 0 amide bonds. The van der Waals surface area contributed by atoms with Gasteiger partial charge in [0.25, 0.3) is 0 Å². The highest BCUT2D eigenvalue weighted by molar-refractivity contribution is 6.30. The molecular formula is C11H16ClNO. The van der Waals surface area contributed by atoms with Crippen molar-refractivity contribution in [2.75, 3.05) is 20.7 Å². The lowest BCUT2D eigenvalue weighted by Crippen LogP contribution is -2.11. The van der Waals surface area contributed by atoms with Gasteiger partial charge in [0.05, 0.1) is 7.11 Å². The van der Waals surface area contributed by atoms with Crippen molar-refractivity contribution in [1.29, 1.82) is 0 Å². The van der Waals surface area contributed by atoms with E-state index in [0.717, 1.165) is 23.7 Å². The second-order valence-electron chi connectivity index (χ2n) is 3.25. The molecule has 1 rings (SSSR count). The number of hydrogen-bond acceptors (Lipinski definition) is 2. The Labute approximate surface area is 90.2 Å². The third-order valence-electron chi connectivity index (χ3n) is 2.30. The molecule has 1 aromatic carbocycles. The highest BCUT2D eigenvalue weighted by atomic mass is 35.5. The van der Waals surface area contributed by atoms with Crippen molar-refractivity contribution in [3.05, 3.63) is 28.3 Å². The molecule has 78 valence electrons. The Morgan fingerprint density at radius 1 is 1.43 bits per heavy atom. The van der Waals surface area contributed by atoms with Crippen LogP contribution in [0.5, 0.6) is 5.75 Å². The minimum Gasteiger partial charge on any atom is -0.496 e. The molecule has 0 spiro atoms. The molecule has 0 aliphatic rings. The second-order valence-corrected chi connectivity index (χ2v) is 3.68. The van der Waals surface area contributed by atoms with Crippen LogP contribution in [0.15, 0.2) is 12.1 Å². The van der Waals surface area contributed by atoms with Gasteiger partial charge in [0.15, 0.2) is 0 Å². The number of hydrogen-bond donors (Lipinski definition) is 1. The van der Waals surface area contributed by atoms with Crippen molar-refractivity contribution in [2.24, 2.45) is 0 Å². The Hall–Kier alpha value is -0.730. The normalized spacial score (nSPS) is 10.3. The summed E-state index contributed by atoms with van der Waals surface area (Å²) in [4.78, 5) is 0. The zero-order chi connectivity index (χ0) is 10.6. The van der Waals surface area contributed by atoms with Gasteiger partial charge in [0.1, 0.15) is 5.75 Å². The zero-order valence-corrected chi connectivity index (χ0v) is 9.61. The first-order chi connectivity index (χ1) is 6.69. The molecule has 0 heterocycles. The fourth-order valence-corrected chi connectivity index (χ4v) is 1.67. The van der Waals surface area contributed by atoms with Crippen molar-refractivity contribution in [1.82, 2.24) is 5.32 Å². The topological polar surface area (TPSA) is 21.3 Å². The maximum atomic E-state index is 5.98. The number of nitrogens with one attached hydrogen (secondary N) is 1. The minimum absolute atomic E-state index is 0.735. The summed E-state index contributed by atoms with van der Waals surface area (Å²) in [5.41, 5.74) is 2.41. The SMILES string of the molecule is CNCCc1cc(Cl)cc(OC)c1C. The van der Waals surface area contributed by atoms with E-state index in [-0.39, 0.29) is 0 Å². The molecular weight excluding hydrogens is 198 g/mol. The van der Waals surface area contributed by atoms with Crippen LogP contribution in [0.4, 0.5) is 0 Å². The lowest BCUT2D eigenvalue weighted by atomic mass is 10.0. The van der Waals surface area contributed by atoms with Crippen molar-refractivity contribution >= 4 is 11.6 Å². The monoisotopic (exact) mass is 213 g/mol. The Bertz CT molecular complexity index is 312. The Morgan fingerprint density at radius 3 is 2.71 bits per heavy atom. The van der Waals surface area contributed by atoms with E-state index in [4.69, 9.17) is 16.3 Å². The third-order valence-corrected chi connectivity index (χ3v) is 2.51. The van der Waals surface area contributed by atoms with Gasteiger partial charge >= 0.3 is 0 Å². The van der Waals surface area contributed by atoms with E-state index in [1.54, 1.807) is 7.11 Å². The largest absolute Gasteiger partial charge is 0.496 e. The van der Waals surface area contributed by atoms with Crippen LogP contribution >= 0.6 is 11.6 Å². The molecule has 1 N–H and O–H groups in total. The fourth-order valence-electron chi connectivity index (χ4n) is 1.44. The maximum Gasteiger partial charge on any atom is 0.123 e. The molecule has 0 aliphatic carbocycles. The van der Waals surface area contributed by atoms with Gasteiger partial charge in [-0.1, -0.05) is 11.6 Å². The second kappa shape index (κ2) is 5.23. The van der Waals surface area contributed by atoms with E-state index < -0.39 is 0 Å². The molecule has 0 fully saturated rings. The number of methoxy groups -OCH3 is 1. The predicted molar refractivity (Wildman–Crippen MR) is 60.4 cm³/mol. The summed E-state index contributed by atoms with van der Waals surface area (Å²) in [5, 5.41) is 3.85. The first-order valence-corrected chi connectivity index (χ1v) is 5.04. The predicted octanol–water partition coefficient (Wildman–Crippen LogP) is 2.42. The molecule has 1 aromatic rings. The van der Waals surface area contributed by atoms with Gasteiger partial charge < -0.3 is 10.1 Å². The van der Waals surface area contributed by atoms with Crippen molar-refractivity contribution in [2.45, 2.75) is 13.3 Å². The van der Waals surface area contributed by atoms with E-state index in [2.05, 4.69) is 12.2 Å².